The lowest BCUT2D eigenvalue weighted by atomic mass is 10.4. The molecular formula is C10H15BrClN3O. The standard InChI is InChI=1S/C10H15BrClN3O/c1-3-5-15(6-4-11)9-8(12)7-13-10(14-9)16-2/h7H,3-6H2,1-2H3. The lowest BCUT2D eigenvalue weighted by molar-refractivity contribution is 0.379. The van der Waals surface area contributed by atoms with E-state index in [2.05, 4.69) is 37.7 Å². The zero-order chi connectivity index (χ0) is 12.0. The SMILES string of the molecule is CCCN(CCBr)c1nc(OC)ncc1Cl. The van der Waals surface area contributed by atoms with Crippen LogP contribution in [0.3, 0.4) is 0 Å². The van der Waals surface area contributed by atoms with Gasteiger partial charge in [0.15, 0.2) is 5.82 Å². The van der Waals surface area contributed by atoms with Crippen molar-refractivity contribution in [3.8, 4) is 6.01 Å². The molecule has 6 heteroatoms. The summed E-state index contributed by atoms with van der Waals surface area (Å²) in [4.78, 5) is 10.3. The fourth-order valence-electron chi connectivity index (χ4n) is 1.36. The third kappa shape index (κ3) is 3.49. The number of ether oxygens (including phenoxy) is 1. The van der Waals surface area contributed by atoms with Gasteiger partial charge in [-0.05, 0) is 6.42 Å². The Balaban J connectivity index is 2.96. The van der Waals surface area contributed by atoms with Crippen molar-refractivity contribution in [2.24, 2.45) is 0 Å². The first kappa shape index (κ1) is 13.5. The number of alkyl halides is 1. The zero-order valence-corrected chi connectivity index (χ0v) is 11.8. The van der Waals surface area contributed by atoms with Gasteiger partial charge in [-0.3, -0.25) is 0 Å². The average molecular weight is 309 g/mol. The molecule has 0 aliphatic rings. The highest BCUT2D eigenvalue weighted by molar-refractivity contribution is 9.09. The van der Waals surface area contributed by atoms with Crippen LogP contribution in [0.15, 0.2) is 6.20 Å². The Kier molecular flexibility index (Phi) is 5.84. The number of methoxy groups -OCH3 is 1. The number of anilines is 1. The van der Waals surface area contributed by atoms with Gasteiger partial charge in [0.2, 0.25) is 0 Å². The van der Waals surface area contributed by atoms with Crippen LogP contribution in [0, 0.1) is 0 Å². The first-order valence-corrected chi connectivity index (χ1v) is 6.60. The monoisotopic (exact) mass is 307 g/mol. The molecule has 0 saturated carbocycles. The van der Waals surface area contributed by atoms with E-state index in [9.17, 15) is 0 Å². The molecule has 0 radical (unpaired) electrons. The molecule has 0 fully saturated rings. The van der Waals surface area contributed by atoms with Gasteiger partial charge in [0.25, 0.3) is 0 Å². The molecule has 1 heterocycles. The summed E-state index contributed by atoms with van der Waals surface area (Å²) in [6.45, 7) is 3.88. The summed E-state index contributed by atoms with van der Waals surface area (Å²) in [7, 11) is 1.54. The maximum atomic E-state index is 6.08. The molecule has 4 nitrogen and oxygen atoms in total. The minimum atomic E-state index is 0.343. The van der Waals surface area contributed by atoms with Gasteiger partial charge >= 0.3 is 6.01 Å². The van der Waals surface area contributed by atoms with Crippen LogP contribution in [-0.4, -0.2) is 35.5 Å². The van der Waals surface area contributed by atoms with Gasteiger partial charge in [-0.2, -0.15) is 4.98 Å². The molecule has 0 aromatic carbocycles. The zero-order valence-electron chi connectivity index (χ0n) is 9.41. The van der Waals surface area contributed by atoms with Gasteiger partial charge in [-0.15, -0.1) is 0 Å². The van der Waals surface area contributed by atoms with Gasteiger partial charge in [-0.1, -0.05) is 34.5 Å². The van der Waals surface area contributed by atoms with E-state index in [0.717, 1.165) is 30.7 Å². The third-order valence-electron chi connectivity index (χ3n) is 2.03. The highest BCUT2D eigenvalue weighted by atomic mass is 79.9. The van der Waals surface area contributed by atoms with E-state index in [1.807, 2.05) is 0 Å². The second-order valence-electron chi connectivity index (χ2n) is 3.20. The molecule has 0 amide bonds. The van der Waals surface area contributed by atoms with E-state index in [-0.39, 0.29) is 0 Å². The Hall–Kier alpha value is -0.550. The molecule has 90 valence electrons. The van der Waals surface area contributed by atoms with Crippen LogP contribution in [0.5, 0.6) is 6.01 Å². The average Bonchev–Trinajstić information content (AvgIpc) is 2.29. The molecule has 0 bridgehead atoms. The maximum Gasteiger partial charge on any atom is 0.318 e. The van der Waals surface area contributed by atoms with Crippen molar-refractivity contribution < 1.29 is 4.74 Å². The van der Waals surface area contributed by atoms with Crippen molar-refractivity contribution >= 4 is 33.3 Å². The van der Waals surface area contributed by atoms with Crippen LogP contribution in [0.25, 0.3) is 0 Å². The molecule has 0 aliphatic heterocycles. The smallest absolute Gasteiger partial charge is 0.318 e. The van der Waals surface area contributed by atoms with Gasteiger partial charge in [0.1, 0.15) is 5.02 Å². The molecular weight excluding hydrogens is 293 g/mol. The number of aromatic nitrogens is 2. The van der Waals surface area contributed by atoms with Crippen LogP contribution >= 0.6 is 27.5 Å². The van der Waals surface area contributed by atoms with E-state index in [1.165, 1.54) is 0 Å². The largest absolute Gasteiger partial charge is 0.467 e. The third-order valence-corrected chi connectivity index (χ3v) is 2.65. The van der Waals surface area contributed by atoms with Crippen molar-refractivity contribution in [3.63, 3.8) is 0 Å². The van der Waals surface area contributed by atoms with Crippen molar-refractivity contribution in [1.29, 1.82) is 0 Å². The fraction of sp³-hybridized carbons (Fsp3) is 0.600. The molecule has 16 heavy (non-hydrogen) atoms. The van der Waals surface area contributed by atoms with E-state index in [4.69, 9.17) is 16.3 Å². The predicted molar refractivity (Wildman–Crippen MR) is 69.9 cm³/mol. The summed E-state index contributed by atoms with van der Waals surface area (Å²) >= 11 is 9.50. The Morgan fingerprint density at radius 1 is 1.50 bits per heavy atom. The van der Waals surface area contributed by atoms with E-state index in [1.54, 1.807) is 13.3 Å². The van der Waals surface area contributed by atoms with Gasteiger partial charge in [0.05, 0.1) is 13.3 Å². The fourth-order valence-corrected chi connectivity index (χ4v) is 2.00. The Bertz CT molecular complexity index is 332. The molecule has 0 N–H and O–H groups in total. The minimum Gasteiger partial charge on any atom is -0.467 e. The van der Waals surface area contributed by atoms with Crippen LogP contribution in [0.1, 0.15) is 13.3 Å². The molecule has 0 atom stereocenters. The normalized spacial score (nSPS) is 10.2. The Morgan fingerprint density at radius 2 is 2.25 bits per heavy atom. The second-order valence-corrected chi connectivity index (χ2v) is 4.40. The van der Waals surface area contributed by atoms with Crippen molar-refractivity contribution in [1.82, 2.24) is 9.97 Å². The number of nitrogens with zero attached hydrogens (tertiary/aromatic N) is 3. The molecule has 1 aromatic heterocycles. The first-order valence-electron chi connectivity index (χ1n) is 5.10. The van der Waals surface area contributed by atoms with Gasteiger partial charge < -0.3 is 9.64 Å². The van der Waals surface area contributed by atoms with Gasteiger partial charge in [0, 0.05) is 18.4 Å². The topological polar surface area (TPSA) is 38.2 Å². The highest BCUT2D eigenvalue weighted by Gasteiger charge is 2.12. The molecule has 0 spiro atoms. The van der Waals surface area contributed by atoms with Crippen molar-refractivity contribution in [3.05, 3.63) is 11.2 Å². The quantitative estimate of drug-likeness (QED) is 0.758. The summed E-state index contributed by atoms with van der Waals surface area (Å²) < 4.78 is 5.00. The molecule has 0 unspecified atom stereocenters. The Morgan fingerprint density at radius 3 is 2.81 bits per heavy atom. The van der Waals surface area contributed by atoms with Crippen LogP contribution < -0.4 is 9.64 Å². The van der Waals surface area contributed by atoms with E-state index >= 15 is 0 Å². The lowest BCUT2D eigenvalue weighted by Crippen LogP contribution is -2.27. The molecule has 1 rings (SSSR count). The summed E-state index contributed by atoms with van der Waals surface area (Å²) in [6, 6.07) is 0.343. The summed E-state index contributed by atoms with van der Waals surface area (Å²) in [5.74, 6) is 0.731. The predicted octanol–water partition coefficient (Wildman–Crippen LogP) is 2.75. The van der Waals surface area contributed by atoms with Gasteiger partial charge in [-0.25, -0.2) is 4.98 Å². The highest BCUT2D eigenvalue weighted by Crippen LogP contribution is 2.24. The Labute approximate surface area is 109 Å². The van der Waals surface area contributed by atoms with Crippen LogP contribution in [-0.2, 0) is 0 Å². The first-order chi connectivity index (χ1) is 7.72. The van der Waals surface area contributed by atoms with E-state index < -0.39 is 0 Å². The second kappa shape index (κ2) is 6.91. The molecule has 0 saturated heterocycles. The van der Waals surface area contributed by atoms with Crippen LogP contribution in [0.2, 0.25) is 5.02 Å². The summed E-state index contributed by atoms with van der Waals surface area (Å²) in [6.07, 6.45) is 2.61. The van der Waals surface area contributed by atoms with Crippen molar-refractivity contribution in [2.45, 2.75) is 13.3 Å². The van der Waals surface area contributed by atoms with E-state index in [0.29, 0.717) is 11.0 Å². The molecule has 1 aromatic rings. The number of halogens is 2. The van der Waals surface area contributed by atoms with Crippen molar-refractivity contribution in [2.75, 3.05) is 30.4 Å². The minimum absolute atomic E-state index is 0.343. The number of rotatable bonds is 6. The van der Waals surface area contributed by atoms with Crippen LogP contribution in [0.4, 0.5) is 5.82 Å². The number of hydrogen-bond acceptors (Lipinski definition) is 4. The lowest BCUT2D eigenvalue weighted by Gasteiger charge is -2.23. The molecule has 0 aliphatic carbocycles. The number of hydrogen-bond donors (Lipinski definition) is 0. The summed E-state index contributed by atoms with van der Waals surface area (Å²) in [5.41, 5.74) is 0. The summed E-state index contributed by atoms with van der Waals surface area (Å²) in [5, 5.41) is 1.42. The maximum absolute atomic E-state index is 6.08.